The second-order valence-electron chi connectivity index (χ2n) is 5.53. The second-order valence-corrected chi connectivity index (χ2v) is 5.53. The largest absolute Gasteiger partial charge is 0.497 e. The first-order valence-corrected chi connectivity index (χ1v) is 7.91. The van der Waals surface area contributed by atoms with Crippen LogP contribution >= 0.6 is 0 Å². The smallest absolute Gasteiger partial charge is 0.335 e. The van der Waals surface area contributed by atoms with Gasteiger partial charge in [-0.05, 0) is 36.2 Å². The first-order chi connectivity index (χ1) is 12.5. The molecule has 0 aliphatic heterocycles. The van der Waals surface area contributed by atoms with E-state index >= 15 is 0 Å². The van der Waals surface area contributed by atoms with E-state index in [1.807, 2.05) is 18.2 Å². The Morgan fingerprint density at radius 2 is 1.77 bits per heavy atom. The standard InChI is InChI=1S/C20H20O6/c1-25-13-10-11-16(20(23)24)17(12-13)14(7-5-9-19(21)22)15-6-3-4-8-18(15)26-2/h3-6,8-12,14H,7H2,1-2H3,(H,21,22)(H,23,24)/b9-5+. The Morgan fingerprint density at radius 1 is 1.04 bits per heavy atom. The van der Waals surface area contributed by atoms with Crippen LogP contribution in [-0.2, 0) is 4.79 Å². The summed E-state index contributed by atoms with van der Waals surface area (Å²) in [4.78, 5) is 22.5. The monoisotopic (exact) mass is 356 g/mol. The maximum atomic E-state index is 11.7. The van der Waals surface area contributed by atoms with Crippen LogP contribution in [0.2, 0.25) is 0 Å². The predicted octanol–water partition coefficient (Wildman–Crippen LogP) is 3.56. The first kappa shape index (κ1) is 19.1. The van der Waals surface area contributed by atoms with Gasteiger partial charge in [0, 0.05) is 17.6 Å². The van der Waals surface area contributed by atoms with Crippen LogP contribution in [0.5, 0.6) is 11.5 Å². The molecule has 0 spiro atoms. The Morgan fingerprint density at radius 3 is 2.38 bits per heavy atom. The minimum absolute atomic E-state index is 0.130. The first-order valence-electron chi connectivity index (χ1n) is 7.91. The molecule has 2 N–H and O–H groups in total. The topological polar surface area (TPSA) is 93.1 Å². The van der Waals surface area contributed by atoms with Gasteiger partial charge in [-0.1, -0.05) is 24.3 Å². The summed E-state index contributed by atoms with van der Waals surface area (Å²) in [6, 6.07) is 12.0. The van der Waals surface area contributed by atoms with Crippen molar-refractivity contribution in [2.24, 2.45) is 0 Å². The zero-order chi connectivity index (χ0) is 19.1. The van der Waals surface area contributed by atoms with E-state index < -0.39 is 17.9 Å². The van der Waals surface area contributed by atoms with E-state index in [1.54, 1.807) is 18.2 Å². The highest BCUT2D eigenvalue weighted by Crippen LogP contribution is 2.37. The zero-order valence-electron chi connectivity index (χ0n) is 14.5. The van der Waals surface area contributed by atoms with E-state index in [2.05, 4.69) is 0 Å². The highest BCUT2D eigenvalue weighted by atomic mass is 16.5. The van der Waals surface area contributed by atoms with E-state index in [0.29, 0.717) is 23.5 Å². The fourth-order valence-corrected chi connectivity index (χ4v) is 2.83. The maximum absolute atomic E-state index is 11.7. The number of hydrogen-bond acceptors (Lipinski definition) is 4. The predicted molar refractivity (Wildman–Crippen MR) is 96.2 cm³/mol. The Bertz CT molecular complexity index is 825. The van der Waals surface area contributed by atoms with E-state index in [-0.39, 0.29) is 5.56 Å². The molecule has 2 aromatic rings. The van der Waals surface area contributed by atoms with Crippen molar-refractivity contribution < 1.29 is 29.3 Å². The highest BCUT2D eigenvalue weighted by Gasteiger charge is 2.23. The maximum Gasteiger partial charge on any atom is 0.335 e. The molecule has 2 aromatic carbocycles. The molecule has 0 aromatic heterocycles. The Hall–Kier alpha value is -3.28. The molecule has 6 nitrogen and oxygen atoms in total. The number of para-hydroxylation sites is 1. The third-order valence-corrected chi connectivity index (χ3v) is 4.01. The summed E-state index contributed by atoms with van der Waals surface area (Å²) in [5.74, 6) is -1.42. The summed E-state index contributed by atoms with van der Waals surface area (Å²) >= 11 is 0. The normalized spacial score (nSPS) is 11.9. The molecule has 0 saturated carbocycles. The number of rotatable bonds is 8. The van der Waals surface area contributed by atoms with Crippen molar-refractivity contribution in [2.45, 2.75) is 12.3 Å². The van der Waals surface area contributed by atoms with E-state index in [0.717, 1.165) is 11.6 Å². The molecular formula is C20H20O6. The number of aliphatic carboxylic acids is 1. The molecule has 136 valence electrons. The van der Waals surface area contributed by atoms with Crippen molar-refractivity contribution in [2.75, 3.05) is 14.2 Å². The summed E-state index contributed by atoms with van der Waals surface area (Å²) in [6.07, 6.45) is 2.84. The fraction of sp³-hybridized carbons (Fsp3) is 0.200. The van der Waals surface area contributed by atoms with Crippen LogP contribution < -0.4 is 9.47 Å². The molecule has 0 aliphatic rings. The van der Waals surface area contributed by atoms with Crippen LogP contribution in [0.3, 0.4) is 0 Å². The van der Waals surface area contributed by atoms with Crippen LogP contribution in [0.25, 0.3) is 0 Å². The van der Waals surface area contributed by atoms with Gasteiger partial charge in [0.25, 0.3) is 0 Å². The molecular weight excluding hydrogens is 336 g/mol. The molecule has 0 aliphatic carbocycles. The molecule has 0 amide bonds. The number of allylic oxidation sites excluding steroid dienone is 1. The highest BCUT2D eigenvalue weighted by molar-refractivity contribution is 5.90. The number of carboxylic acid groups (broad SMARTS) is 2. The van der Waals surface area contributed by atoms with Gasteiger partial charge in [0.15, 0.2) is 0 Å². The number of aromatic carboxylic acids is 1. The van der Waals surface area contributed by atoms with E-state index in [1.165, 1.54) is 26.4 Å². The van der Waals surface area contributed by atoms with Gasteiger partial charge in [0.05, 0.1) is 19.8 Å². The molecule has 0 bridgehead atoms. The average Bonchev–Trinajstić information content (AvgIpc) is 2.64. The van der Waals surface area contributed by atoms with Gasteiger partial charge >= 0.3 is 11.9 Å². The summed E-state index contributed by atoms with van der Waals surface area (Å²) in [5.41, 5.74) is 1.42. The van der Waals surface area contributed by atoms with Crippen LogP contribution in [0.15, 0.2) is 54.6 Å². The summed E-state index contributed by atoms with van der Waals surface area (Å²) in [7, 11) is 3.04. The van der Waals surface area contributed by atoms with E-state index in [4.69, 9.17) is 14.6 Å². The minimum atomic E-state index is -1.07. The van der Waals surface area contributed by atoms with Gasteiger partial charge in [-0.3, -0.25) is 0 Å². The Kier molecular flexibility index (Phi) is 6.38. The Labute approximate surface area is 151 Å². The van der Waals surface area contributed by atoms with Gasteiger partial charge in [-0.25, -0.2) is 9.59 Å². The lowest BCUT2D eigenvalue weighted by Gasteiger charge is -2.21. The van der Waals surface area contributed by atoms with Crippen molar-refractivity contribution in [1.82, 2.24) is 0 Å². The molecule has 1 atom stereocenters. The van der Waals surface area contributed by atoms with Crippen molar-refractivity contribution >= 4 is 11.9 Å². The third-order valence-electron chi connectivity index (χ3n) is 4.01. The van der Waals surface area contributed by atoms with Crippen molar-refractivity contribution in [3.05, 3.63) is 71.3 Å². The molecule has 0 saturated heterocycles. The van der Waals surface area contributed by atoms with Crippen LogP contribution in [0.4, 0.5) is 0 Å². The molecule has 26 heavy (non-hydrogen) atoms. The van der Waals surface area contributed by atoms with Gasteiger partial charge < -0.3 is 19.7 Å². The second kappa shape index (κ2) is 8.71. The number of carboxylic acids is 2. The average molecular weight is 356 g/mol. The molecule has 2 rings (SSSR count). The van der Waals surface area contributed by atoms with Gasteiger partial charge in [-0.15, -0.1) is 0 Å². The SMILES string of the molecule is COc1ccc(C(=O)O)c(C(C/C=C/C(=O)O)c2ccccc2OC)c1. The van der Waals surface area contributed by atoms with Crippen LogP contribution in [0, 0.1) is 0 Å². The van der Waals surface area contributed by atoms with E-state index in [9.17, 15) is 14.7 Å². The number of hydrogen-bond donors (Lipinski definition) is 2. The summed E-state index contributed by atoms with van der Waals surface area (Å²) < 4.78 is 10.7. The van der Waals surface area contributed by atoms with Crippen LogP contribution in [-0.4, -0.2) is 36.4 Å². The lowest BCUT2D eigenvalue weighted by molar-refractivity contribution is -0.131. The lowest BCUT2D eigenvalue weighted by Crippen LogP contribution is -2.10. The number of benzene rings is 2. The minimum Gasteiger partial charge on any atom is -0.497 e. The summed E-state index contributed by atoms with van der Waals surface area (Å²) in [5, 5.41) is 18.4. The van der Waals surface area contributed by atoms with Crippen molar-refractivity contribution in [3.63, 3.8) is 0 Å². The van der Waals surface area contributed by atoms with Crippen LogP contribution in [0.1, 0.15) is 33.8 Å². The molecule has 6 heteroatoms. The lowest BCUT2D eigenvalue weighted by atomic mass is 9.85. The van der Waals surface area contributed by atoms with Crippen molar-refractivity contribution in [1.29, 1.82) is 0 Å². The molecule has 0 fully saturated rings. The Balaban J connectivity index is 2.63. The zero-order valence-corrected chi connectivity index (χ0v) is 14.5. The van der Waals surface area contributed by atoms with Crippen molar-refractivity contribution in [3.8, 4) is 11.5 Å². The van der Waals surface area contributed by atoms with Gasteiger partial charge in [0.2, 0.25) is 0 Å². The number of carbonyl (C=O) groups is 2. The summed E-state index contributed by atoms with van der Waals surface area (Å²) in [6.45, 7) is 0. The quantitative estimate of drug-likeness (QED) is 0.703. The third kappa shape index (κ3) is 4.42. The van der Waals surface area contributed by atoms with Gasteiger partial charge in [0.1, 0.15) is 11.5 Å². The molecule has 0 heterocycles. The number of methoxy groups -OCH3 is 2. The molecule has 0 radical (unpaired) electrons. The fourth-order valence-electron chi connectivity index (χ4n) is 2.83. The number of ether oxygens (including phenoxy) is 2. The molecule has 1 unspecified atom stereocenters. The van der Waals surface area contributed by atoms with Gasteiger partial charge in [-0.2, -0.15) is 0 Å².